The standard InChI is InChI=1S/C27H20BrCl2FN2O5/c1-32-22(35)16-8-7-15-18(20(16)23(32)36)11-26(29)24(37)33(14-5-3-13(31)4-6-14)25(38)27(26,30)21(15)17-10-12(28)2-9-19(17)34/h2-7,9-10,16,18,20-21,34H,8,11H2,1H3. The summed E-state index contributed by atoms with van der Waals surface area (Å²) in [6, 6.07) is 9.44. The molecule has 0 radical (unpaired) electrons. The Kier molecular flexibility index (Phi) is 5.62. The Morgan fingerprint density at radius 3 is 2.37 bits per heavy atom. The van der Waals surface area contributed by atoms with Crippen LogP contribution in [0.5, 0.6) is 5.75 Å². The van der Waals surface area contributed by atoms with Gasteiger partial charge in [0.1, 0.15) is 11.6 Å². The number of alkyl halides is 2. The maximum absolute atomic E-state index is 14.2. The number of carbonyl (C=O) groups excluding carboxylic acids is 4. The van der Waals surface area contributed by atoms with E-state index in [9.17, 15) is 28.7 Å². The lowest BCUT2D eigenvalue weighted by Gasteiger charge is -2.50. The molecule has 1 N–H and O–H groups in total. The highest BCUT2D eigenvalue weighted by molar-refractivity contribution is 9.10. The molecule has 6 rings (SSSR count). The van der Waals surface area contributed by atoms with E-state index in [4.69, 9.17) is 23.2 Å². The molecule has 2 aliphatic heterocycles. The van der Waals surface area contributed by atoms with Crippen molar-refractivity contribution in [1.29, 1.82) is 0 Å². The molecule has 0 spiro atoms. The molecule has 2 aliphatic carbocycles. The second-order valence-electron chi connectivity index (χ2n) is 10.2. The molecule has 1 saturated carbocycles. The number of halogens is 4. The van der Waals surface area contributed by atoms with Crippen LogP contribution in [-0.2, 0) is 19.2 Å². The second kappa shape index (κ2) is 8.37. The zero-order valence-electron chi connectivity index (χ0n) is 19.8. The van der Waals surface area contributed by atoms with Crippen molar-refractivity contribution < 1.29 is 28.7 Å². The van der Waals surface area contributed by atoms with Gasteiger partial charge in [-0.1, -0.05) is 27.6 Å². The molecule has 6 unspecified atom stereocenters. The SMILES string of the molecule is CN1C(=O)C2CC=C3C(CC4(Cl)C(=O)N(c5ccc(F)cc5)C(=O)C4(Cl)C3c3cc(Br)ccc3O)C2C1=O. The second-order valence-corrected chi connectivity index (χ2v) is 12.3. The average molecular weight is 622 g/mol. The number of phenolic OH excluding ortho intramolecular Hbond substituents is 1. The Bertz CT molecular complexity index is 1480. The van der Waals surface area contributed by atoms with E-state index in [0.29, 0.717) is 10.0 Å². The minimum Gasteiger partial charge on any atom is -0.508 e. The number of phenols is 1. The predicted octanol–water partition coefficient (Wildman–Crippen LogP) is 4.49. The molecule has 4 amide bonds. The van der Waals surface area contributed by atoms with Crippen LogP contribution in [0, 0.1) is 23.6 Å². The average Bonchev–Trinajstić information content (AvgIpc) is 3.19. The molecule has 196 valence electrons. The molecular formula is C27H20BrCl2FN2O5. The molecule has 6 atom stereocenters. The van der Waals surface area contributed by atoms with Crippen LogP contribution in [0.15, 0.2) is 58.6 Å². The maximum atomic E-state index is 14.2. The maximum Gasteiger partial charge on any atom is 0.258 e. The molecule has 2 aromatic carbocycles. The number of aromatic hydroxyl groups is 1. The number of hydrogen-bond acceptors (Lipinski definition) is 5. The Hall–Kier alpha value is -2.75. The summed E-state index contributed by atoms with van der Waals surface area (Å²) in [5.41, 5.74) is 0.917. The molecule has 2 saturated heterocycles. The fourth-order valence-corrected chi connectivity index (χ4v) is 7.96. The molecule has 38 heavy (non-hydrogen) atoms. The molecule has 11 heteroatoms. The van der Waals surface area contributed by atoms with Gasteiger partial charge in [-0.15, -0.1) is 23.2 Å². The van der Waals surface area contributed by atoms with Gasteiger partial charge >= 0.3 is 0 Å². The van der Waals surface area contributed by atoms with Gasteiger partial charge in [-0.3, -0.25) is 24.1 Å². The zero-order chi connectivity index (χ0) is 27.3. The summed E-state index contributed by atoms with van der Waals surface area (Å²) < 4.78 is 14.2. The predicted molar refractivity (Wildman–Crippen MR) is 140 cm³/mol. The van der Waals surface area contributed by atoms with Gasteiger partial charge in [0.15, 0.2) is 9.75 Å². The van der Waals surface area contributed by atoms with Gasteiger partial charge in [0.2, 0.25) is 11.8 Å². The van der Waals surface area contributed by atoms with Crippen molar-refractivity contribution in [3.8, 4) is 5.75 Å². The highest BCUT2D eigenvalue weighted by Crippen LogP contribution is 2.66. The first-order chi connectivity index (χ1) is 17.9. The normalized spacial score (nSPS) is 34.3. The van der Waals surface area contributed by atoms with Crippen LogP contribution in [0.3, 0.4) is 0 Å². The number of fused-ring (bicyclic) bond motifs is 4. The molecule has 0 aromatic heterocycles. The monoisotopic (exact) mass is 620 g/mol. The Balaban J connectivity index is 1.60. The van der Waals surface area contributed by atoms with Crippen molar-refractivity contribution >= 4 is 68.4 Å². The lowest BCUT2D eigenvalue weighted by molar-refractivity contribution is -0.138. The molecule has 0 bridgehead atoms. The van der Waals surface area contributed by atoms with E-state index in [0.717, 1.165) is 21.9 Å². The smallest absolute Gasteiger partial charge is 0.258 e. The van der Waals surface area contributed by atoms with Gasteiger partial charge < -0.3 is 5.11 Å². The quantitative estimate of drug-likeness (QED) is 0.303. The van der Waals surface area contributed by atoms with E-state index < -0.39 is 51.1 Å². The molecule has 7 nitrogen and oxygen atoms in total. The van der Waals surface area contributed by atoms with E-state index in [1.165, 1.54) is 25.2 Å². The topological polar surface area (TPSA) is 95.0 Å². The number of rotatable bonds is 2. The number of allylic oxidation sites excluding steroid dienone is 2. The summed E-state index contributed by atoms with van der Waals surface area (Å²) in [7, 11) is 1.42. The number of hydrogen-bond donors (Lipinski definition) is 1. The summed E-state index contributed by atoms with van der Waals surface area (Å²) in [6.45, 7) is 0. The Morgan fingerprint density at radius 1 is 1.00 bits per heavy atom. The van der Waals surface area contributed by atoms with E-state index in [2.05, 4.69) is 15.9 Å². The summed E-state index contributed by atoms with van der Waals surface area (Å²) in [5, 5.41) is 11.0. The largest absolute Gasteiger partial charge is 0.508 e. The molecular weight excluding hydrogens is 602 g/mol. The number of carbonyl (C=O) groups is 4. The van der Waals surface area contributed by atoms with E-state index in [1.54, 1.807) is 18.2 Å². The van der Waals surface area contributed by atoms with Gasteiger partial charge in [0, 0.05) is 23.0 Å². The van der Waals surface area contributed by atoms with Gasteiger partial charge in [-0.05, 0) is 61.2 Å². The zero-order valence-corrected chi connectivity index (χ0v) is 22.9. The lowest BCUT2D eigenvalue weighted by atomic mass is 9.56. The van der Waals surface area contributed by atoms with Crippen LogP contribution < -0.4 is 4.90 Å². The number of nitrogens with zero attached hydrogens (tertiary/aromatic N) is 2. The number of anilines is 1. The van der Waals surface area contributed by atoms with E-state index in [-0.39, 0.29) is 41.7 Å². The third-order valence-electron chi connectivity index (χ3n) is 8.42. The Labute approximate surface area is 235 Å². The van der Waals surface area contributed by atoms with Crippen molar-refractivity contribution in [3.63, 3.8) is 0 Å². The molecule has 2 heterocycles. The minimum atomic E-state index is -2.09. The first-order valence-corrected chi connectivity index (χ1v) is 13.5. The molecule has 4 aliphatic rings. The number of amides is 4. The van der Waals surface area contributed by atoms with Crippen molar-refractivity contribution in [2.24, 2.45) is 17.8 Å². The number of imide groups is 2. The fourth-order valence-electron chi connectivity index (χ4n) is 6.66. The third kappa shape index (κ3) is 3.12. The first-order valence-electron chi connectivity index (χ1n) is 11.9. The van der Waals surface area contributed by atoms with Crippen molar-refractivity contribution in [2.75, 3.05) is 11.9 Å². The van der Waals surface area contributed by atoms with Crippen LogP contribution in [0.25, 0.3) is 0 Å². The van der Waals surface area contributed by atoms with Crippen molar-refractivity contribution in [3.05, 3.63) is 70.0 Å². The Morgan fingerprint density at radius 2 is 1.68 bits per heavy atom. The summed E-state index contributed by atoms with van der Waals surface area (Å²) in [5.74, 6) is -6.26. The summed E-state index contributed by atoms with van der Waals surface area (Å²) in [6.07, 6.45) is 1.86. The number of likely N-dealkylation sites (tertiary alicyclic amines) is 1. The molecule has 3 fully saturated rings. The third-order valence-corrected chi connectivity index (χ3v) is 10.3. The van der Waals surface area contributed by atoms with Gasteiger partial charge in [-0.2, -0.15) is 0 Å². The van der Waals surface area contributed by atoms with Crippen LogP contribution in [-0.4, -0.2) is 50.4 Å². The van der Waals surface area contributed by atoms with E-state index in [1.807, 2.05) is 0 Å². The van der Waals surface area contributed by atoms with Gasteiger partial charge in [0.05, 0.1) is 17.5 Å². The highest BCUT2D eigenvalue weighted by Gasteiger charge is 2.76. The summed E-state index contributed by atoms with van der Waals surface area (Å²) >= 11 is 17.8. The fraction of sp³-hybridized carbons (Fsp3) is 0.333. The van der Waals surface area contributed by atoms with Gasteiger partial charge in [-0.25, -0.2) is 9.29 Å². The van der Waals surface area contributed by atoms with Crippen LogP contribution in [0.4, 0.5) is 10.1 Å². The van der Waals surface area contributed by atoms with E-state index >= 15 is 0 Å². The van der Waals surface area contributed by atoms with Gasteiger partial charge in [0.25, 0.3) is 11.8 Å². The van der Waals surface area contributed by atoms with Crippen LogP contribution in [0.2, 0.25) is 0 Å². The number of benzene rings is 2. The highest BCUT2D eigenvalue weighted by atomic mass is 79.9. The van der Waals surface area contributed by atoms with Crippen LogP contribution >= 0.6 is 39.1 Å². The lowest BCUT2D eigenvalue weighted by Crippen LogP contribution is -2.60. The minimum absolute atomic E-state index is 0.0924. The first kappa shape index (κ1) is 25.5. The van der Waals surface area contributed by atoms with Crippen LogP contribution in [0.1, 0.15) is 24.3 Å². The molecule has 2 aromatic rings. The summed E-state index contributed by atoms with van der Waals surface area (Å²) in [4.78, 5) is 52.1. The van der Waals surface area contributed by atoms with Crippen molar-refractivity contribution in [1.82, 2.24) is 4.90 Å². The van der Waals surface area contributed by atoms with Crippen molar-refractivity contribution in [2.45, 2.75) is 28.5 Å².